The average Bonchev–Trinajstić information content (AvgIpc) is 3.34. The van der Waals surface area contributed by atoms with Gasteiger partial charge in [-0.15, -0.1) is 11.3 Å². The molecular formula is C28H36N4O4S. The maximum absolute atomic E-state index is 12.7. The van der Waals surface area contributed by atoms with Gasteiger partial charge in [-0.05, 0) is 51.2 Å². The van der Waals surface area contributed by atoms with Crippen molar-refractivity contribution in [2.24, 2.45) is 0 Å². The van der Waals surface area contributed by atoms with Gasteiger partial charge in [0.1, 0.15) is 0 Å². The van der Waals surface area contributed by atoms with Crippen molar-refractivity contribution >= 4 is 23.5 Å². The van der Waals surface area contributed by atoms with E-state index >= 15 is 0 Å². The van der Waals surface area contributed by atoms with Gasteiger partial charge in [0.05, 0.1) is 24.2 Å². The highest BCUT2D eigenvalue weighted by atomic mass is 32.1. The molecule has 2 aromatic carbocycles. The molecule has 8 nitrogen and oxygen atoms in total. The lowest BCUT2D eigenvalue weighted by Gasteiger charge is -2.35. The first-order valence-corrected chi connectivity index (χ1v) is 13.2. The molecule has 3 amide bonds. The highest BCUT2D eigenvalue weighted by molar-refractivity contribution is 7.09. The highest BCUT2D eigenvalue weighted by Crippen LogP contribution is 2.21. The van der Waals surface area contributed by atoms with Crippen LogP contribution in [0.15, 0.2) is 72.4 Å². The van der Waals surface area contributed by atoms with Crippen molar-refractivity contribution in [3.63, 3.8) is 0 Å². The number of hydrogen-bond acceptors (Lipinski definition) is 5. The molecule has 198 valence electrons. The predicted octanol–water partition coefficient (Wildman–Crippen LogP) is 4.69. The van der Waals surface area contributed by atoms with Crippen molar-refractivity contribution in [3.8, 4) is 0 Å². The molecule has 37 heavy (non-hydrogen) atoms. The van der Waals surface area contributed by atoms with Crippen LogP contribution >= 0.6 is 11.3 Å². The van der Waals surface area contributed by atoms with Crippen LogP contribution in [-0.4, -0.2) is 55.9 Å². The van der Waals surface area contributed by atoms with Crippen molar-refractivity contribution in [1.29, 1.82) is 0 Å². The first-order valence-electron chi connectivity index (χ1n) is 12.3. The van der Waals surface area contributed by atoms with Crippen LogP contribution < -0.4 is 10.6 Å². The molecule has 0 fully saturated rings. The maximum Gasteiger partial charge on any atom is 0.407 e. The number of nitrogens with one attached hydrogen (secondary N) is 2. The summed E-state index contributed by atoms with van der Waals surface area (Å²) in [5, 5.41) is 27.6. The number of aromatic nitrogens is 1. The summed E-state index contributed by atoms with van der Waals surface area (Å²) in [5.41, 5.74) is 3.16. The van der Waals surface area contributed by atoms with Crippen molar-refractivity contribution in [1.82, 2.24) is 20.5 Å². The van der Waals surface area contributed by atoms with Crippen molar-refractivity contribution in [2.45, 2.75) is 70.3 Å². The normalized spacial score (nSPS) is 13.8. The molecule has 0 unspecified atom stereocenters. The van der Waals surface area contributed by atoms with Crippen LogP contribution in [-0.2, 0) is 19.4 Å². The van der Waals surface area contributed by atoms with Gasteiger partial charge in [-0.25, -0.2) is 9.59 Å². The van der Waals surface area contributed by atoms with Crippen LogP contribution in [0.5, 0.6) is 0 Å². The highest BCUT2D eigenvalue weighted by Gasteiger charge is 2.33. The van der Waals surface area contributed by atoms with Crippen LogP contribution in [0.2, 0.25) is 0 Å². The third-order valence-corrected chi connectivity index (χ3v) is 6.63. The molecule has 0 bridgehead atoms. The zero-order chi connectivity index (χ0) is 26.8. The van der Waals surface area contributed by atoms with Crippen LogP contribution in [0.25, 0.3) is 0 Å². The Hall–Kier alpha value is -3.43. The number of carbonyl (C=O) groups excluding carboxylic acids is 1. The largest absolute Gasteiger partial charge is 0.465 e. The topological polar surface area (TPSA) is 115 Å². The number of aliphatic hydroxyl groups is 1. The molecular weight excluding hydrogens is 488 g/mol. The fourth-order valence-electron chi connectivity index (χ4n) is 4.23. The minimum atomic E-state index is -1.12. The number of benzene rings is 2. The maximum atomic E-state index is 12.7. The fraction of sp³-hybridized carbons (Fsp3) is 0.393. The molecule has 9 heteroatoms. The summed E-state index contributed by atoms with van der Waals surface area (Å²) in [6.45, 7) is 5.81. The van der Waals surface area contributed by atoms with E-state index in [1.165, 1.54) is 16.2 Å². The Morgan fingerprint density at radius 2 is 1.59 bits per heavy atom. The van der Waals surface area contributed by atoms with Gasteiger partial charge in [0.15, 0.2) is 0 Å². The molecule has 3 rings (SSSR count). The summed E-state index contributed by atoms with van der Waals surface area (Å²) in [6.07, 6.45) is 0.494. The molecule has 4 N–H and O–H groups in total. The number of hydrogen-bond donors (Lipinski definition) is 4. The Kier molecular flexibility index (Phi) is 10.0. The first kappa shape index (κ1) is 28.1. The Morgan fingerprint density at radius 1 is 1.00 bits per heavy atom. The van der Waals surface area contributed by atoms with Gasteiger partial charge in [-0.2, -0.15) is 0 Å². The molecule has 1 aromatic heterocycles. The van der Waals surface area contributed by atoms with E-state index in [-0.39, 0.29) is 19.0 Å². The Balaban J connectivity index is 1.86. The van der Waals surface area contributed by atoms with Crippen LogP contribution in [0.3, 0.4) is 0 Å². The standard InChI is InChI=1S/C28H36N4O4S/c1-28(2,3)31-26(34)30-22(14-20-10-6-4-7-11-20)16-25(33)24(15-21-12-8-5-9-13-21)32(27(35)36)18-23-17-29-19-37-23/h4-13,17,19,22,24-25,33H,14-16,18H2,1-3H3,(H,35,36)(H2,30,31,34)/t22-,24-,25+/m0/s1. The van der Waals surface area contributed by atoms with Crippen LogP contribution in [0.1, 0.15) is 43.2 Å². The van der Waals surface area contributed by atoms with Crippen molar-refractivity contribution < 1.29 is 19.8 Å². The minimum absolute atomic E-state index is 0.121. The molecule has 3 aromatic rings. The van der Waals surface area contributed by atoms with Crippen LogP contribution in [0, 0.1) is 0 Å². The summed E-state index contributed by atoms with van der Waals surface area (Å²) >= 11 is 1.37. The van der Waals surface area contributed by atoms with E-state index in [1.54, 1.807) is 11.7 Å². The molecule has 0 aliphatic rings. The lowest BCUT2D eigenvalue weighted by molar-refractivity contribution is 0.0350. The Morgan fingerprint density at radius 3 is 2.11 bits per heavy atom. The third-order valence-electron chi connectivity index (χ3n) is 5.86. The lowest BCUT2D eigenvalue weighted by Crippen LogP contribution is -2.53. The van der Waals surface area contributed by atoms with E-state index in [0.29, 0.717) is 12.8 Å². The van der Waals surface area contributed by atoms with Gasteiger partial charge >= 0.3 is 12.1 Å². The quantitative estimate of drug-likeness (QED) is 0.290. The second-order valence-corrected chi connectivity index (χ2v) is 11.1. The summed E-state index contributed by atoms with van der Waals surface area (Å²) in [4.78, 5) is 31.3. The molecule has 1 heterocycles. The van der Waals surface area contributed by atoms with E-state index in [0.717, 1.165) is 16.0 Å². The SMILES string of the molecule is CC(C)(C)NC(=O)N[C@@H](Cc1ccccc1)C[C@@H](O)[C@H](Cc1ccccc1)N(Cc1cncs1)C(=O)O. The number of aliphatic hydroxyl groups excluding tert-OH is 1. The van der Waals surface area contributed by atoms with Crippen molar-refractivity contribution in [2.75, 3.05) is 0 Å². The summed E-state index contributed by atoms with van der Waals surface area (Å²) in [6, 6.07) is 17.8. The lowest BCUT2D eigenvalue weighted by atomic mass is 9.92. The Bertz CT molecular complexity index is 1100. The summed E-state index contributed by atoms with van der Waals surface area (Å²) in [5.74, 6) is 0. The van der Waals surface area contributed by atoms with E-state index in [9.17, 15) is 19.8 Å². The number of amides is 3. The smallest absolute Gasteiger partial charge is 0.407 e. The number of carboxylic acid groups (broad SMARTS) is 1. The molecule has 0 aliphatic heterocycles. The van der Waals surface area contributed by atoms with Crippen molar-refractivity contribution in [3.05, 3.63) is 88.4 Å². The second kappa shape index (κ2) is 13.2. The average molecular weight is 525 g/mol. The predicted molar refractivity (Wildman–Crippen MR) is 146 cm³/mol. The number of rotatable bonds is 11. The van der Waals surface area contributed by atoms with Gasteiger partial charge < -0.3 is 20.8 Å². The summed E-state index contributed by atoms with van der Waals surface area (Å²) < 4.78 is 0. The molecule has 3 atom stereocenters. The van der Waals surface area contributed by atoms with E-state index in [1.807, 2.05) is 81.4 Å². The molecule has 0 saturated carbocycles. The van der Waals surface area contributed by atoms with Gasteiger partial charge in [0.2, 0.25) is 0 Å². The number of urea groups is 1. The Labute approximate surface area is 222 Å². The van der Waals surface area contributed by atoms with E-state index in [4.69, 9.17) is 0 Å². The fourth-order valence-corrected chi connectivity index (χ4v) is 4.82. The zero-order valence-corrected chi connectivity index (χ0v) is 22.3. The van der Waals surface area contributed by atoms with Gasteiger partial charge in [-0.1, -0.05) is 60.7 Å². The first-order chi connectivity index (χ1) is 17.6. The zero-order valence-electron chi connectivity index (χ0n) is 21.5. The minimum Gasteiger partial charge on any atom is -0.465 e. The second-order valence-electron chi connectivity index (χ2n) is 10.2. The van der Waals surface area contributed by atoms with E-state index in [2.05, 4.69) is 15.6 Å². The molecule has 0 radical (unpaired) electrons. The van der Waals surface area contributed by atoms with Gasteiger partial charge in [-0.3, -0.25) is 9.88 Å². The monoisotopic (exact) mass is 524 g/mol. The number of nitrogens with zero attached hydrogens (tertiary/aromatic N) is 2. The molecule has 0 spiro atoms. The molecule has 0 aliphatic carbocycles. The number of thiazole rings is 1. The molecule has 0 saturated heterocycles. The van der Waals surface area contributed by atoms with Gasteiger partial charge in [0, 0.05) is 22.7 Å². The number of carbonyl (C=O) groups is 2. The van der Waals surface area contributed by atoms with Gasteiger partial charge in [0.25, 0.3) is 0 Å². The third kappa shape index (κ3) is 9.51. The van der Waals surface area contributed by atoms with E-state index < -0.39 is 29.8 Å². The summed E-state index contributed by atoms with van der Waals surface area (Å²) in [7, 11) is 0. The van der Waals surface area contributed by atoms with Crippen LogP contribution in [0.4, 0.5) is 9.59 Å².